The van der Waals surface area contributed by atoms with Gasteiger partial charge in [-0.3, -0.25) is 4.79 Å². The van der Waals surface area contributed by atoms with Crippen molar-refractivity contribution in [1.29, 1.82) is 0 Å². The summed E-state index contributed by atoms with van der Waals surface area (Å²) >= 11 is 0. The van der Waals surface area contributed by atoms with Crippen LogP contribution in [-0.2, 0) is 13.1 Å². The molecule has 1 aromatic carbocycles. The lowest BCUT2D eigenvalue weighted by molar-refractivity contribution is 0.580. The summed E-state index contributed by atoms with van der Waals surface area (Å²) in [4.78, 5) is 12.4. The van der Waals surface area contributed by atoms with E-state index < -0.39 is 0 Å². The summed E-state index contributed by atoms with van der Waals surface area (Å²) in [6.07, 6.45) is 1.70. The second kappa shape index (κ2) is 4.88. The van der Waals surface area contributed by atoms with E-state index in [4.69, 9.17) is 0 Å². The molecule has 0 saturated heterocycles. The summed E-state index contributed by atoms with van der Waals surface area (Å²) in [5, 5.41) is 13.9. The molecule has 0 N–H and O–H groups in total. The first-order chi connectivity index (χ1) is 9.70. The van der Waals surface area contributed by atoms with Gasteiger partial charge in [0.15, 0.2) is 5.82 Å². The van der Waals surface area contributed by atoms with Crippen LogP contribution in [0.2, 0.25) is 0 Å². The highest BCUT2D eigenvalue weighted by molar-refractivity contribution is 5.80. The van der Waals surface area contributed by atoms with Gasteiger partial charge in [-0.05, 0) is 19.9 Å². The number of rotatable bonds is 3. The summed E-state index contributed by atoms with van der Waals surface area (Å²) in [7, 11) is 0. The second-order valence-corrected chi connectivity index (χ2v) is 4.60. The zero-order valence-corrected chi connectivity index (χ0v) is 11.4. The second-order valence-electron chi connectivity index (χ2n) is 4.60. The Morgan fingerprint density at radius 1 is 1.20 bits per heavy atom. The topological polar surface area (TPSA) is 65.6 Å². The highest BCUT2D eigenvalue weighted by Gasteiger charge is 2.10. The molecule has 2 aromatic heterocycles. The number of hydrogen-bond donors (Lipinski definition) is 0. The van der Waals surface area contributed by atoms with E-state index in [0.29, 0.717) is 11.9 Å². The highest BCUT2D eigenvalue weighted by Crippen LogP contribution is 2.07. The Hall–Kier alpha value is -2.50. The molecule has 3 rings (SSSR count). The van der Waals surface area contributed by atoms with E-state index in [0.717, 1.165) is 23.6 Å². The molecule has 0 spiro atoms. The van der Waals surface area contributed by atoms with Crippen molar-refractivity contribution in [1.82, 2.24) is 24.5 Å². The largest absolute Gasteiger partial charge is 0.314 e. The van der Waals surface area contributed by atoms with E-state index in [9.17, 15) is 4.79 Å². The Labute approximate surface area is 115 Å². The Bertz CT molecular complexity index is 818. The van der Waals surface area contributed by atoms with Crippen LogP contribution in [0.3, 0.4) is 0 Å². The molecule has 2 heterocycles. The molecule has 0 bridgehead atoms. The standard InChI is InChI=1S/C14H15N5O/c1-3-18-10(2)16-17-13(18)9-19-14(20)12-7-5-4-6-11(12)8-15-19/h4-8H,3,9H2,1-2H3. The summed E-state index contributed by atoms with van der Waals surface area (Å²) in [6.45, 7) is 5.03. The highest BCUT2D eigenvalue weighted by atomic mass is 16.1. The van der Waals surface area contributed by atoms with Gasteiger partial charge in [0.05, 0.1) is 11.6 Å². The van der Waals surface area contributed by atoms with E-state index in [-0.39, 0.29) is 5.56 Å². The average Bonchev–Trinajstić information content (AvgIpc) is 2.82. The van der Waals surface area contributed by atoms with E-state index >= 15 is 0 Å². The molecule has 0 radical (unpaired) electrons. The number of fused-ring (bicyclic) bond motifs is 1. The predicted octanol–water partition coefficient (Wildman–Crippen LogP) is 1.36. The smallest absolute Gasteiger partial charge is 0.275 e. The summed E-state index contributed by atoms with van der Waals surface area (Å²) < 4.78 is 3.40. The van der Waals surface area contributed by atoms with E-state index in [2.05, 4.69) is 15.3 Å². The molecular weight excluding hydrogens is 254 g/mol. The summed E-state index contributed by atoms with van der Waals surface area (Å²) in [5.41, 5.74) is -0.105. The minimum absolute atomic E-state index is 0.105. The minimum atomic E-state index is -0.105. The first-order valence-corrected chi connectivity index (χ1v) is 6.54. The van der Waals surface area contributed by atoms with E-state index in [1.807, 2.05) is 42.7 Å². The fourth-order valence-corrected chi connectivity index (χ4v) is 2.33. The van der Waals surface area contributed by atoms with Crippen molar-refractivity contribution in [2.45, 2.75) is 26.9 Å². The Morgan fingerprint density at radius 3 is 2.80 bits per heavy atom. The number of aromatic nitrogens is 5. The zero-order chi connectivity index (χ0) is 14.1. The van der Waals surface area contributed by atoms with Crippen molar-refractivity contribution in [2.75, 3.05) is 0 Å². The molecule has 102 valence electrons. The van der Waals surface area contributed by atoms with Crippen LogP contribution in [0.1, 0.15) is 18.6 Å². The molecule has 0 aliphatic heterocycles. The van der Waals surface area contributed by atoms with Gasteiger partial charge in [-0.25, -0.2) is 4.68 Å². The molecule has 0 atom stereocenters. The van der Waals surface area contributed by atoms with Crippen molar-refractivity contribution in [2.24, 2.45) is 0 Å². The molecule has 3 aromatic rings. The summed E-state index contributed by atoms with van der Waals surface area (Å²) in [6, 6.07) is 7.44. The van der Waals surface area contributed by atoms with Gasteiger partial charge in [0.25, 0.3) is 5.56 Å². The molecule has 0 fully saturated rings. The van der Waals surface area contributed by atoms with Crippen molar-refractivity contribution in [3.05, 3.63) is 52.5 Å². The third-order valence-corrected chi connectivity index (χ3v) is 3.38. The average molecular weight is 269 g/mol. The molecule has 0 aliphatic rings. The van der Waals surface area contributed by atoms with Crippen LogP contribution in [0, 0.1) is 6.92 Å². The molecule has 0 amide bonds. The number of aryl methyl sites for hydroxylation is 1. The molecule has 0 unspecified atom stereocenters. The number of hydrogen-bond acceptors (Lipinski definition) is 4. The van der Waals surface area contributed by atoms with Crippen molar-refractivity contribution < 1.29 is 0 Å². The number of nitrogens with zero attached hydrogens (tertiary/aromatic N) is 5. The molecule has 20 heavy (non-hydrogen) atoms. The van der Waals surface area contributed by atoms with Crippen LogP contribution in [-0.4, -0.2) is 24.5 Å². The van der Waals surface area contributed by atoms with Gasteiger partial charge in [0.1, 0.15) is 12.4 Å². The van der Waals surface area contributed by atoms with Crippen molar-refractivity contribution in [3.8, 4) is 0 Å². The Kier molecular flexibility index (Phi) is 3.06. The maximum absolute atomic E-state index is 12.4. The Balaban J connectivity index is 2.07. The number of benzene rings is 1. The van der Waals surface area contributed by atoms with Crippen LogP contribution in [0.5, 0.6) is 0 Å². The SMILES string of the molecule is CCn1c(C)nnc1Cn1ncc2ccccc2c1=O. The van der Waals surface area contributed by atoms with Gasteiger partial charge in [-0.2, -0.15) is 5.10 Å². The van der Waals surface area contributed by atoms with Crippen LogP contribution in [0.15, 0.2) is 35.3 Å². The van der Waals surface area contributed by atoms with E-state index in [1.165, 1.54) is 4.68 Å². The molecule has 0 saturated carbocycles. The van der Waals surface area contributed by atoms with Crippen molar-refractivity contribution in [3.63, 3.8) is 0 Å². The van der Waals surface area contributed by atoms with Gasteiger partial charge in [-0.15, -0.1) is 10.2 Å². The quantitative estimate of drug-likeness (QED) is 0.720. The van der Waals surface area contributed by atoms with Crippen LogP contribution in [0.4, 0.5) is 0 Å². The van der Waals surface area contributed by atoms with Crippen molar-refractivity contribution >= 4 is 10.8 Å². The van der Waals surface area contributed by atoms with Gasteiger partial charge in [0, 0.05) is 11.9 Å². The maximum atomic E-state index is 12.4. The first kappa shape index (κ1) is 12.5. The van der Waals surface area contributed by atoms with Crippen LogP contribution in [0.25, 0.3) is 10.8 Å². The fourth-order valence-electron chi connectivity index (χ4n) is 2.33. The monoisotopic (exact) mass is 269 g/mol. The third kappa shape index (κ3) is 1.99. The van der Waals surface area contributed by atoms with Gasteiger partial charge in [-0.1, -0.05) is 18.2 Å². The third-order valence-electron chi connectivity index (χ3n) is 3.38. The zero-order valence-electron chi connectivity index (χ0n) is 11.4. The van der Waals surface area contributed by atoms with Gasteiger partial charge in [0.2, 0.25) is 0 Å². The predicted molar refractivity (Wildman–Crippen MR) is 75.5 cm³/mol. The maximum Gasteiger partial charge on any atom is 0.275 e. The Morgan fingerprint density at radius 2 is 2.00 bits per heavy atom. The lowest BCUT2D eigenvalue weighted by Crippen LogP contribution is -2.25. The van der Waals surface area contributed by atoms with Crippen LogP contribution < -0.4 is 5.56 Å². The van der Waals surface area contributed by atoms with Gasteiger partial charge < -0.3 is 4.57 Å². The molecule has 6 nitrogen and oxygen atoms in total. The molecular formula is C14H15N5O. The lowest BCUT2D eigenvalue weighted by Gasteiger charge is -2.07. The van der Waals surface area contributed by atoms with Gasteiger partial charge >= 0.3 is 0 Å². The molecule has 6 heteroatoms. The fraction of sp³-hybridized carbons (Fsp3) is 0.286. The first-order valence-electron chi connectivity index (χ1n) is 6.54. The summed E-state index contributed by atoms with van der Waals surface area (Å²) in [5.74, 6) is 1.59. The van der Waals surface area contributed by atoms with E-state index in [1.54, 1.807) is 6.20 Å². The molecule has 0 aliphatic carbocycles. The lowest BCUT2D eigenvalue weighted by atomic mass is 10.2. The minimum Gasteiger partial charge on any atom is -0.314 e. The normalized spacial score (nSPS) is 11.1. The van der Waals surface area contributed by atoms with Crippen LogP contribution >= 0.6 is 0 Å².